The van der Waals surface area contributed by atoms with Crippen LogP contribution in [-0.2, 0) is 9.59 Å². The molecule has 9 nitrogen and oxygen atoms in total. The van der Waals surface area contributed by atoms with Crippen molar-refractivity contribution in [1.29, 1.82) is 0 Å². The molecule has 0 radical (unpaired) electrons. The minimum absolute atomic E-state index is 0.0257. The van der Waals surface area contributed by atoms with Gasteiger partial charge in [-0.3, -0.25) is 19.4 Å². The fourth-order valence-electron chi connectivity index (χ4n) is 4.15. The summed E-state index contributed by atoms with van der Waals surface area (Å²) in [5.74, 6) is -2.42. The standard InChI is InChI=1S/C25H22FN3O6/c1-34-21-12-18-15(11-16(21)22(27)30)20(6-9-28-18)35-14-4-5-19(17(26)10-14)29(13-2-3-13)23(31)25(7-8-25)24(32)33/h4-6,9-13H,2-3,7-8H2,1H3,(H2,27,30)(H,32,33). The molecule has 0 bridgehead atoms. The van der Waals surface area contributed by atoms with Crippen molar-refractivity contribution in [3.8, 4) is 17.2 Å². The molecule has 2 aliphatic carbocycles. The molecule has 3 aromatic rings. The van der Waals surface area contributed by atoms with Crippen LogP contribution in [0.5, 0.6) is 17.2 Å². The quantitative estimate of drug-likeness (QED) is 0.472. The number of pyridine rings is 1. The second kappa shape index (κ2) is 8.23. The van der Waals surface area contributed by atoms with Crippen molar-refractivity contribution in [2.45, 2.75) is 31.7 Å². The van der Waals surface area contributed by atoms with Crippen LogP contribution < -0.4 is 20.1 Å². The van der Waals surface area contributed by atoms with Crippen LogP contribution in [0.15, 0.2) is 42.6 Å². The van der Waals surface area contributed by atoms with E-state index in [2.05, 4.69) is 4.98 Å². The van der Waals surface area contributed by atoms with E-state index in [1.807, 2.05) is 0 Å². The van der Waals surface area contributed by atoms with Gasteiger partial charge in [-0.05, 0) is 49.9 Å². The summed E-state index contributed by atoms with van der Waals surface area (Å²) >= 11 is 0. The number of amides is 2. The lowest BCUT2D eigenvalue weighted by atomic mass is 10.0. The minimum Gasteiger partial charge on any atom is -0.496 e. The zero-order chi connectivity index (χ0) is 24.9. The molecule has 2 amide bonds. The van der Waals surface area contributed by atoms with Crippen LogP contribution in [0, 0.1) is 11.2 Å². The number of rotatable bonds is 8. The Morgan fingerprint density at radius 3 is 2.46 bits per heavy atom. The van der Waals surface area contributed by atoms with Crippen LogP contribution in [-0.4, -0.2) is 41.0 Å². The van der Waals surface area contributed by atoms with Crippen molar-refractivity contribution < 1.29 is 33.4 Å². The molecular formula is C25H22FN3O6. The predicted octanol–water partition coefficient (Wildman–Crippen LogP) is 3.63. The number of nitrogens with two attached hydrogens (primary N) is 1. The van der Waals surface area contributed by atoms with Gasteiger partial charge in [0.15, 0.2) is 5.82 Å². The first-order valence-corrected chi connectivity index (χ1v) is 11.1. The lowest BCUT2D eigenvalue weighted by Gasteiger charge is -2.26. The monoisotopic (exact) mass is 479 g/mol. The number of carboxylic acids is 1. The fraction of sp³-hybridized carbons (Fsp3) is 0.280. The number of halogens is 1. The van der Waals surface area contributed by atoms with Crippen LogP contribution in [0.2, 0.25) is 0 Å². The molecule has 3 N–H and O–H groups in total. The number of hydrogen-bond donors (Lipinski definition) is 2. The number of carbonyl (C=O) groups excluding carboxylic acids is 2. The number of benzene rings is 2. The van der Waals surface area contributed by atoms with Gasteiger partial charge in [-0.2, -0.15) is 0 Å². The number of aliphatic carboxylic acids is 1. The number of methoxy groups -OCH3 is 1. The number of carbonyl (C=O) groups is 3. The van der Waals surface area contributed by atoms with Gasteiger partial charge in [0.2, 0.25) is 5.91 Å². The summed E-state index contributed by atoms with van der Waals surface area (Å²) in [6.45, 7) is 0. The Labute approximate surface area is 199 Å². The van der Waals surface area contributed by atoms with Gasteiger partial charge in [0.1, 0.15) is 22.7 Å². The topological polar surface area (TPSA) is 132 Å². The first-order chi connectivity index (χ1) is 16.7. The Hall–Kier alpha value is -4.21. The number of primary amides is 1. The van der Waals surface area contributed by atoms with Gasteiger partial charge in [0.05, 0.1) is 23.9 Å². The van der Waals surface area contributed by atoms with E-state index in [4.69, 9.17) is 15.2 Å². The summed E-state index contributed by atoms with van der Waals surface area (Å²) in [7, 11) is 1.41. The van der Waals surface area contributed by atoms with E-state index in [1.165, 1.54) is 36.4 Å². The Morgan fingerprint density at radius 2 is 1.89 bits per heavy atom. The van der Waals surface area contributed by atoms with Gasteiger partial charge in [0.25, 0.3) is 5.91 Å². The molecule has 2 aromatic carbocycles. The normalized spacial score (nSPS) is 15.9. The second-order valence-electron chi connectivity index (χ2n) is 8.75. The number of hydrogen-bond acceptors (Lipinski definition) is 6. The molecule has 0 spiro atoms. The molecule has 10 heteroatoms. The molecule has 0 saturated heterocycles. The SMILES string of the molecule is COc1cc2nccc(Oc3ccc(N(C(=O)C4(C(=O)O)CC4)C4CC4)c(F)c3)c2cc1C(N)=O. The molecule has 0 atom stereocenters. The summed E-state index contributed by atoms with van der Waals surface area (Å²) in [6, 6.07) is 8.47. The number of fused-ring (bicyclic) bond motifs is 1. The molecule has 5 rings (SSSR count). The minimum atomic E-state index is -1.46. The van der Waals surface area contributed by atoms with Crippen LogP contribution in [0.4, 0.5) is 10.1 Å². The summed E-state index contributed by atoms with van der Waals surface area (Å²) in [4.78, 5) is 42.1. The van der Waals surface area contributed by atoms with Gasteiger partial charge in [-0.25, -0.2) is 4.39 Å². The number of anilines is 1. The molecule has 2 fully saturated rings. The Bertz CT molecular complexity index is 1380. The summed E-state index contributed by atoms with van der Waals surface area (Å²) in [6.07, 6.45) is 3.38. The Kier molecular flexibility index (Phi) is 5.31. The molecule has 0 aliphatic heterocycles. The van der Waals surface area contributed by atoms with Crippen LogP contribution >= 0.6 is 0 Å². The maximum absolute atomic E-state index is 15.2. The van der Waals surface area contributed by atoms with Gasteiger partial charge in [-0.1, -0.05) is 0 Å². The average Bonchev–Trinajstić information content (AvgIpc) is 3.74. The summed E-state index contributed by atoms with van der Waals surface area (Å²) < 4.78 is 26.3. The first-order valence-electron chi connectivity index (χ1n) is 11.1. The van der Waals surface area contributed by atoms with E-state index in [-0.39, 0.29) is 41.6 Å². The van der Waals surface area contributed by atoms with Crippen LogP contribution in [0.1, 0.15) is 36.0 Å². The largest absolute Gasteiger partial charge is 0.496 e. The maximum Gasteiger partial charge on any atom is 0.319 e. The summed E-state index contributed by atoms with van der Waals surface area (Å²) in [5, 5.41) is 9.99. The van der Waals surface area contributed by atoms with Crippen LogP contribution in [0.25, 0.3) is 10.9 Å². The highest BCUT2D eigenvalue weighted by Crippen LogP contribution is 2.50. The molecule has 2 aliphatic rings. The van der Waals surface area contributed by atoms with Crippen LogP contribution in [0.3, 0.4) is 0 Å². The summed E-state index contributed by atoms with van der Waals surface area (Å²) in [5.41, 5.74) is 4.65. The predicted molar refractivity (Wildman–Crippen MR) is 123 cm³/mol. The third-order valence-electron chi connectivity index (χ3n) is 6.39. The molecule has 1 heterocycles. The van der Waals surface area contributed by atoms with E-state index in [0.717, 1.165) is 6.07 Å². The first kappa shape index (κ1) is 22.6. The highest BCUT2D eigenvalue weighted by molar-refractivity contribution is 6.12. The molecular weight excluding hydrogens is 457 g/mol. The molecule has 35 heavy (non-hydrogen) atoms. The van der Waals surface area contributed by atoms with E-state index in [1.54, 1.807) is 12.1 Å². The number of carboxylic acid groups (broad SMARTS) is 1. The Morgan fingerprint density at radius 1 is 1.14 bits per heavy atom. The van der Waals surface area contributed by atoms with Crippen molar-refractivity contribution in [2.75, 3.05) is 12.0 Å². The van der Waals surface area contributed by atoms with Crippen molar-refractivity contribution in [3.63, 3.8) is 0 Å². The fourth-order valence-corrected chi connectivity index (χ4v) is 4.15. The number of aromatic nitrogens is 1. The highest BCUT2D eigenvalue weighted by atomic mass is 19.1. The maximum atomic E-state index is 15.2. The molecule has 1 aromatic heterocycles. The van der Waals surface area contributed by atoms with E-state index in [0.29, 0.717) is 29.5 Å². The molecule has 2 saturated carbocycles. The van der Waals surface area contributed by atoms with Crippen molar-refractivity contribution >= 4 is 34.4 Å². The third kappa shape index (κ3) is 3.90. The van der Waals surface area contributed by atoms with E-state index >= 15 is 4.39 Å². The van der Waals surface area contributed by atoms with E-state index in [9.17, 15) is 19.5 Å². The van der Waals surface area contributed by atoms with Gasteiger partial charge >= 0.3 is 5.97 Å². The lowest BCUT2D eigenvalue weighted by Crippen LogP contribution is -2.42. The number of ether oxygens (including phenoxy) is 2. The molecule has 0 unspecified atom stereocenters. The van der Waals surface area contributed by atoms with Crippen molar-refractivity contribution in [2.24, 2.45) is 11.1 Å². The van der Waals surface area contributed by atoms with Crippen molar-refractivity contribution in [1.82, 2.24) is 4.98 Å². The van der Waals surface area contributed by atoms with Gasteiger partial charge < -0.3 is 25.2 Å². The van der Waals surface area contributed by atoms with Gasteiger partial charge in [-0.15, -0.1) is 0 Å². The van der Waals surface area contributed by atoms with Gasteiger partial charge in [0, 0.05) is 29.8 Å². The van der Waals surface area contributed by atoms with Crippen molar-refractivity contribution in [3.05, 3.63) is 54.0 Å². The van der Waals surface area contributed by atoms with E-state index < -0.39 is 29.0 Å². The third-order valence-corrected chi connectivity index (χ3v) is 6.39. The highest BCUT2D eigenvalue weighted by Gasteiger charge is 2.60. The zero-order valence-corrected chi connectivity index (χ0v) is 18.8. The number of nitrogens with zero attached hydrogens (tertiary/aromatic N) is 2. The zero-order valence-electron chi connectivity index (χ0n) is 18.8. The lowest BCUT2D eigenvalue weighted by molar-refractivity contribution is -0.148. The molecule has 180 valence electrons. The average molecular weight is 479 g/mol. The smallest absolute Gasteiger partial charge is 0.319 e. The second-order valence-corrected chi connectivity index (χ2v) is 8.75. The Balaban J connectivity index is 1.47.